The van der Waals surface area contributed by atoms with E-state index in [-0.39, 0.29) is 36.1 Å². The van der Waals surface area contributed by atoms with E-state index < -0.39 is 23.8 Å². The maximum atomic E-state index is 12.4. The molecule has 0 radical (unpaired) electrons. The molecule has 2 aliphatic rings. The number of carbonyl (C=O) groups excluding carboxylic acids is 4. The molecule has 0 aromatic heterocycles. The molecule has 2 heterocycles. The number of benzene rings is 1. The average molecular weight is 332 g/mol. The van der Waals surface area contributed by atoms with Gasteiger partial charge in [0.15, 0.2) is 0 Å². The first-order valence-corrected chi connectivity index (χ1v) is 7.43. The fourth-order valence-corrected chi connectivity index (χ4v) is 2.94. The Balaban J connectivity index is 1.77. The summed E-state index contributed by atoms with van der Waals surface area (Å²) in [5.41, 5.74) is 0.361. The van der Waals surface area contributed by atoms with Gasteiger partial charge in [-0.1, -0.05) is 17.2 Å². The van der Waals surface area contributed by atoms with Gasteiger partial charge in [-0.3, -0.25) is 14.4 Å². The monoisotopic (exact) mass is 332 g/mol. The van der Waals surface area contributed by atoms with E-state index in [0.29, 0.717) is 5.06 Å². The standard InChI is InChI=1S/C16H16N2O6/c1-9(19)17-8-10(23-2)7-13(17)16(22)24-18-14(20)11-5-3-4-6-12(11)15(18)21/h3-6,10,13H,7-8H2,1-2H3/t10-,13+/m0/s1. The van der Waals surface area contributed by atoms with Gasteiger partial charge >= 0.3 is 5.97 Å². The van der Waals surface area contributed by atoms with Gasteiger partial charge in [0.1, 0.15) is 6.04 Å². The van der Waals surface area contributed by atoms with Crippen LogP contribution >= 0.6 is 0 Å². The first-order chi connectivity index (χ1) is 11.4. The van der Waals surface area contributed by atoms with Crippen molar-refractivity contribution in [3.05, 3.63) is 35.4 Å². The summed E-state index contributed by atoms with van der Waals surface area (Å²) in [4.78, 5) is 54.9. The van der Waals surface area contributed by atoms with E-state index >= 15 is 0 Å². The van der Waals surface area contributed by atoms with Crippen molar-refractivity contribution in [1.29, 1.82) is 0 Å². The van der Waals surface area contributed by atoms with Gasteiger partial charge in [-0.15, -0.1) is 0 Å². The molecule has 126 valence electrons. The number of ether oxygens (including phenoxy) is 1. The van der Waals surface area contributed by atoms with Crippen LogP contribution < -0.4 is 0 Å². The minimum absolute atomic E-state index is 0.180. The smallest absolute Gasteiger partial charge is 0.355 e. The second kappa shape index (κ2) is 6.04. The number of likely N-dealkylation sites (tertiary alicyclic amines) is 1. The molecule has 1 aromatic carbocycles. The highest BCUT2D eigenvalue weighted by molar-refractivity contribution is 6.20. The van der Waals surface area contributed by atoms with E-state index in [1.165, 1.54) is 31.1 Å². The molecule has 1 saturated heterocycles. The van der Waals surface area contributed by atoms with Gasteiger partial charge in [0, 0.05) is 27.0 Å². The predicted molar refractivity (Wildman–Crippen MR) is 79.6 cm³/mol. The van der Waals surface area contributed by atoms with Crippen LogP contribution in [0.5, 0.6) is 0 Å². The number of nitrogens with zero attached hydrogens (tertiary/aromatic N) is 2. The molecule has 24 heavy (non-hydrogen) atoms. The zero-order chi connectivity index (χ0) is 17.4. The van der Waals surface area contributed by atoms with Crippen LogP contribution in [0.1, 0.15) is 34.1 Å². The van der Waals surface area contributed by atoms with Crippen molar-refractivity contribution in [3.8, 4) is 0 Å². The van der Waals surface area contributed by atoms with Gasteiger partial charge < -0.3 is 14.5 Å². The quantitative estimate of drug-likeness (QED) is 0.743. The van der Waals surface area contributed by atoms with Gasteiger partial charge in [0.25, 0.3) is 11.8 Å². The molecule has 8 nitrogen and oxygen atoms in total. The highest BCUT2D eigenvalue weighted by Gasteiger charge is 2.44. The number of carbonyl (C=O) groups is 4. The molecule has 0 unspecified atom stereocenters. The summed E-state index contributed by atoms with van der Waals surface area (Å²) in [5, 5.41) is 0.450. The molecule has 3 rings (SSSR count). The molecule has 8 heteroatoms. The second-order valence-electron chi connectivity index (χ2n) is 5.64. The maximum absolute atomic E-state index is 12.4. The minimum atomic E-state index is -0.892. The topological polar surface area (TPSA) is 93.2 Å². The number of hydroxylamine groups is 2. The van der Waals surface area contributed by atoms with E-state index in [2.05, 4.69) is 0 Å². The van der Waals surface area contributed by atoms with Crippen LogP contribution in [0.15, 0.2) is 24.3 Å². The Kier molecular flexibility index (Phi) is 4.06. The Labute approximate surface area is 137 Å². The van der Waals surface area contributed by atoms with Crippen LogP contribution in [0, 0.1) is 0 Å². The lowest BCUT2D eigenvalue weighted by Gasteiger charge is -2.22. The van der Waals surface area contributed by atoms with Crippen molar-refractivity contribution in [1.82, 2.24) is 9.96 Å². The molecule has 2 atom stereocenters. The molecule has 0 spiro atoms. The SMILES string of the molecule is CO[C@H]1C[C@H](C(=O)ON2C(=O)c3ccccc3C2=O)N(C(C)=O)C1. The third-order valence-corrected chi connectivity index (χ3v) is 4.21. The Morgan fingerprint density at radius 2 is 1.71 bits per heavy atom. The number of fused-ring (bicyclic) bond motifs is 1. The summed E-state index contributed by atoms with van der Waals surface area (Å²) in [6, 6.07) is 5.32. The third kappa shape index (κ3) is 2.54. The van der Waals surface area contributed by atoms with E-state index in [0.717, 1.165) is 0 Å². The lowest BCUT2D eigenvalue weighted by molar-refractivity contribution is -0.175. The van der Waals surface area contributed by atoms with Gasteiger partial charge in [0.05, 0.1) is 17.2 Å². The molecule has 1 fully saturated rings. The van der Waals surface area contributed by atoms with Crippen LogP contribution in [0.2, 0.25) is 0 Å². The summed E-state index contributed by atoms with van der Waals surface area (Å²) in [6.07, 6.45) is -0.0495. The van der Waals surface area contributed by atoms with E-state index in [1.807, 2.05) is 0 Å². The summed E-state index contributed by atoms with van der Waals surface area (Å²) in [7, 11) is 1.49. The highest BCUT2D eigenvalue weighted by atomic mass is 16.7. The predicted octanol–water partition coefficient (Wildman–Crippen LogP) is 0.377. The van der Waals surface area contributed by atoms with Crippen molar-refractivity contribution in [2.24, 2.45) is 0 Å². The van der Waals surface area contributed by atoms with Gasteiger partial charge in [-0.2, -0.15) is 0 Å². The number of hydrogen-bond donors (Lipinski definition) is 0. The number of rotatable bonds is 3. The first kappa shape index (κ1) is 16.1. The van der Waals surface area contributed by atoms with E-state index in [4.69, 9.17) is 9.57 Å². The van der Waals surface area contributed by atoms with Crippen molar-refractivity contribution in [2.75, 3.05) is 13.7 Å². The molecular weight excluding hydrogens is 316 g/mol. The largest absolute Gasteiger partial charge is 0.380 e. The van der Waals surface area contributed by atoms with Crippen LogP contribution in [0.4, 0.5) is 0 Å². The van der Waals surface area contributed by atoms with E-state index in [9.17, 15) is 19.2 Å². The summed E-state index contributed by atoms with van der Waals surface area (Å²) >= 11 is 0. The Hall–Kier alpha value is -2.74. The van der Waals surface area contributed by atoms with Gasteiger partial charge in [0.2, 0.25) is 5.91 Å². The fraction of sp³-hybridized carbons (Fsp3) is 0.375. The molecular formula is C16H16N2O6. The Morgan fingerprint density at radius 3 is 2.21 bits per heavy atom. The van der Waals surface area contributed by atoms with Gasteiger partial charge in [-0.05, 0) is 12.1 Å². The molecule has 0 N–H and O–H groups in total. The minimum Gasteiger partial charge on any atom is -0.380 e. The number of hydrogen-bond acceptors (Lipinski definition) is 6. The Morgan fingerprint density at radius 1 is 1.12 bits per heavy atom. The molecule has 0 saturated carbocycles. The van der Waals surface area contributed by atoms with Crippen LogP contribution in [0.25, 0.3) is 0 Å². The lowest BCUT2D eigenvalue weighted by Crippen LogP contribution is -2.44. The van der Waals surface area contributed by atoms with Crippen LogP contribution in [-0.2, 0) is 19.2 Å². The van der Waals surface area contributed by atoms with Crippen molar-refractivity contribution in [3.63, 3.8) is 0 Å². The average Bonchev–Trinajstić information content (AvgIpc) is 3.11. The summed E-state index contributed by atoms with van der Waals surface area (Å²) in [5.74, 6) is -2.53. The lowest BCUT2D eigenvalue weighted by atomic mass is 10.1. The molecule has 1 aromatic rings. The highest BCUT2D eigenvalue weighted by Crippen LogP contribution is 2.26. The molecule has 2 aliphatic heterocycles. The third-order valence-electron chi connectivity index (χ3n) is 4.21. The van der Waals surface area contributed by atoms with Crippen LogP contribution in [-0.4, -0.2) is 59.5 Å². The molecule has 0 aliphatic carbocycles. The fourth-order valence-electron chi connectivity index (χ4n) is 2.94. The number of amides is 3. The molecule has 3 amide bonds. The molecule has 0 bridgehead atoms. The summed E-state index contributed by atoms with van der Waals surface area (Å²) < 4.78 is 5.19. The summed E-state index contributed by atoms with van der Waals surface area (Å²) in [6.45, 7) is 1.59. The first-order valence-electron chi connectivity index (χ1n) is 7.43. The van der Waals surface area contributed by atoms with Gasteiger partial charge in [-0.25, -0.2) is 4.79 Å². The number of methoxy groups -OCH3 is 1. The van der Waals surface area contributed by atoms with E-state index in [1.54, 1.807) is 12.1 Å². The normalized spacial score (nSPS) is 22.8. The second-order valence-corrected chi connectivity index (χ2v) is 5.64. The van der Waals surface area contributed by atoms with Crippen molar-refractivity contribution < 1.29 is 28.8 Å². The zero-order valence-electron chi connectivity index (χ0n) is 13.2. The number of imide groups is 1. The van der Waals surface area contributed by atoms with Crippen molar-refractivity contribution in [2.45, 2.75) is 25.5 Å². The zero-order valence-corrected chi connectivity index (χ0v) is 13.2. The maximum Gasteiger partial charge on any atom is 0.355 e. The van der Waals surface area contributed by atoms with Crippen molar-refractivity contribution >= 4 is 23.7 Å². The van der Waals surface area contributed by atoms with Crippen LogP contribution in [0.3, 0.4) is 0 Å². The Bertz CT molecular complexity index is 696.